The fraction of sp³-hybridized carbons (Fsp3) is 0.857. The zero-order valence-electron chi connectivity index (χ0n) is 16.3. The molecule has 26 heavy (non-hydrogen) atoms. The van der Waals surface area contributed by atoms with Gasteiger partial charge in [-0.3, -0.25) is 4.79 Å². The van der Waals surface area contributed by atoms with Crippen molar-refractivity contribution in [3.8, 4) is 0 Å². The van der Waals surface area contributed by atoms with E-state index in [0.717, 1.165) is 83.5 Å². The Balaban J connectivity index is 3.31. The lowest BCUT2D eigenvalue weighted by atomic mass is 10.0. The molecule has 0 aromatic heterocycles. The summed E-state index contributed by atoms with van der Waals surface area (Å²) in [6, 6.07) is 0. The van der Waals surface area contributed by atoms with E-state index in [1.54, 1.807) is 0 Å². The number of carbonyl (C=O) groups is 1. The van der Waals surface area contributed by atoms with E-state index in [0.29, 0.717) is 6.42 Å². The van der Waals surface area contributed by atoms with E-state index in [1.807, 2.05) is 0 Å². The minimum atomic E-state index is -0.704. The summed E-state index contributed by atoms with van der Waals surface area (Å²) >= 11 is 0. The number of rotatable bonds is 19. The van der Waals surface area contributed by atoms with Crippen molar-refractivity contribution in [2.75, 3.05) is 6.61 Å². The number of carboxylic acids is 1. The van der Waals surface area contributed by atoms with Gasteiger partial charge in [-0.05, 0) is 38.5 Å². The molecule has 0 aromatic rings. The van der Waals surface area contributed by atoms with Crippen molar-refractivity contribution in [2.45, 2.75) is 109 Å². The molecule has 0 rings (SSSR count). The van der Waals surface area contributed by atoms with Crippen LogP contribution in [-0.2, 0) is 4.79 Å². The average molecular weight is 373 g/mol. The van der Waals surface area contributed by atoms with Gasteiger partial charge in [-0.2, -0.15) is 0 Å². The van der Waals surface area contributed by atoms with Gasteiger partial charge in [0.25, 0.3) is 0 Å². The fourth-order valence-electron chi connectivity index (χ4n) is 2.94. The maximum atomic E-state index is 10.4. The van der Waals surface area contributed by atoms with Crippen LogP contribution in [0.25, 0.3) is 0 Å². The first-order valence-electron chi connectivity index (χ1n) is 10.4. The van der Waals surface area contributed by atoms with Crippen molar-refractivity contribution in [3.05, 3.63) is 12.2 Å². The Hall–Kier alpha value is -0.910. The van der Waals surface area contributed by atoms with Crippen molar-refractivity contribution in [1.29, 1.82) is 0 Å². The van der Waals surface area contributed by atoms with Crippen molar-refractivity contribution in [3.63, 3.8) is 0 Å². The van der Waals surface area contributed by atoms with E-state index >= 15 is 0 Å². The highest BCUT2D eigenvalue weighted by Gasteiger charge is 2.03. The second-order valence-electron chi connectivity index (χ2n) is 7.24. The number of allylic oxidation sites excluding steroid dienone is 1. The highest BCUT2D eigenvalue weighted by Crippen LogP contribution is 2.12. The Bertz CT molecular complexity index is 343. The molecule has 0 saturated carbocycles. The van der Waals surface area contributed by atoms with Crippen LogP contribution in [0.1, 0.15) is 96.3 Å². The molecule has 0 saturated heterocycles. The van der Waals surface area contributed by atoms with E-state index in [9.17, 15) is 15.0 Å². The third-order valence-electron chi connectivity index (χ3n) is 4.62. The molecule has 0 radical (unpaired) electrons. The first kappa shape index (κ1) is 25.1. The molecule has 5 heteroatoms. The van der Waals surface area contributed by atoms with Gasteiger partial charge in [-0.25, -0.2) is 0 Å². The molecule has 0 aromatic carbocycles. The molecule has 0 aliphatic carbocycles. The van der Waals surface area contributed by atoms with Crippen LogP contribution >= 0.6 is 0 Å². The summed E-state index contributed by atoms with van der Waals surface area (Å²) in [5.41, 5.74) is 0. The van der Waals surface area contributed by atoms with Crippen LogP contribution in [-0.4, -0.2) is 45.2 Å². The fourth-order valence-corrected chi connectivity index (χ4v) is 2.94. The van der Waals surface area contributed by atoms with Gasteiger partial charge in [-0.1, -0.05) is 63.5 Å². The normalized spacial score (nSPS) is 14.0. The summed E-state index contributed by atoms with van der Waals surface area (Å²) in [6.07, 6.45) is 17.4. The van der Waals surface area contributed by atoms with Crippen LogP contribution in [0.15, 0.2) is 12.2 Å². The molecular weight excluding hydrogens is 332 g/mol. The first-order valence-corrected chi connectivity index (χ1v) is 10.4. The van der Waals surface area contributed by atoms with Crippen LogP contribution in [0.3, 0.4) is 0 Å². The topological polar surface area (TPSA) is 98.0 Å². The molecule has 0 amide bonds. The Morgan fingerprint density at radius 1 is 0.731 bits per heavy atom. The highest BCUT2D eigenvalue weighted by molar-refractivity contribution is 5.66. The van der Waals surface area contributed by atoms with Crippen LogP contribution in [0.4, 0.5) is 0 Å². The summed E-state index contributed by atoms with van der Waals surface area (Å²) in [4.78, 5) is 10.4. The van der Waals surface area contributed by atoms with Gasteiger partial charge in [0, 0.05) is 6.42 Å². The summed E-state index contributed by atoms with van der Waals surface area (Å²) in [6.45, 7) is -0.146. The lowest BCUT2D eigenvalue weighted by molar-refractivity contribution is -0.137. The third-order valence-corrected chi connectivity index (χ3v) is 4.62. The van der Waals surface area contributed by atoms with E-state index in [4.69, 9.17) is 10.2 Å². The second kappa shape index (κ2) is 18.9. The van der Waals surface area contributed by atoms with Gasteiger partial charge in [0.2, 0.25) is 0 Å². The molecule has 0 heterocycles. The number of unbranched alkanes of at least 4 members (excludes halogenated alkanes) is 9. The van der Waals surface area contributed by atoms with Crippen molar-refractivity contribution >= 4 is 5.97 Å². The summed E-state index contributed by atoms with van der Waals surface area (Å²) < 4.78 is 0. The van der Waals surface area contributed by atoms with Crippen LogP contribution in [0.2, 0.25) is 0 Å². The van der Waals surface area contributed by atoms with Crippen LogP contribution in [0.5, 0.6) is 0 Å². The SMILES string of the molecule is O=C(O)CCCCCCC/C=C\C[C@H](O)CCCCCCCC(O)CO. The molecule has 2 atom stereocenters. The Morgan fingerprint density at radius 3 is 1.88 bits per heavy atom. The minimum Gasteiger partial charge on any atom is -0.481 e. The number of aliphatic carboxylic acids is 1. The van der Waals surface area contributed by atoms with Gasteiger partial charge in [0.15, 0.2) is 0 Å². The standard InChI is InChI=1S/C21H40O5/c22-18-20(24)16-12-8-5-7-11-15-19(23)14-10-6-3-1-2-4-9-13-17-21(25)26/h6,10,19-20,22-24H,1-5,7-9,11-18H2,(H,25,26)/b10-6-/t19-,20?/m0/s1. The molecule has 0 aliphatic heterocycles. The van der Waals surface area contributed by atoms with Crippen molar-refractivity contribution < 1.29 is 25.2 Å². The summed E-state index contributed by atoms with van der Waals surface area (Å²) in [7, 11) is 0. The lowest BCUT2D eigenvalue weighted by Crippen LogP contribution is -2.11. The molecule has 0 fully saturated rings. The number of hydrogen-bond donors (Lipinski definition) is 4. The monoisotopic (exact) mass is 372 g/mol. The molecule has 4 N–H and O–H groups in total. The lowest BCUT2D eigenvalue weighted by Gasteiger charge is -2.08. The molecule has 0 spiro atoms. The molecule has 154 valence electrons. The van der Waals surface area contributed by atoms with E-state index in [1.165, 1.54) is 0 Å². The zero-order chi connectivity index (χ0) is 19.5. The summed E-state index contributed by atoms with van der Waals surface area (Å²) in [5, 5.41) is 36.4. The van der Waals surface area contributed by atoms with Gasteiger partial charge in [0.05, 0.1) is 18.8 Å². The van der Waals surface area contributed by atoms with Crippen molar-refractivity contribution in [1.82, 2.24) is 0 Å². The predicted molar refractivity (Wildman–Crippen MR) is 105 cm³/mol. The number of aliphatic hydroxyl groups is 3. The van der Waals surface area contributed by atoms with Gasteiger partial charge >= 0.3 is 5.97 Å². The van der Waals surface area contributed by atoms with Gasteiger partial charge in [0.1, 0.15) is 0 Å². The van der Waals surface area contributed by atoms with E-state index in [-0.39, 0.29) is 19.1 Å². The molecule has 5 nitrogen and oxygen atoms in total. The summed E-state index contributed by atoms with van der Waals surface area (Å²) in [5.74, 6) is -0.704. The number of hydrogen-bond acceptors (Lipinski definition) is 4. The highest BCUT2D eigenvalue weighted by atomic mass is 16.4. The van der Waals surface area contributed by atoms with Crippen LogP contribution < -0.4 is 0 Å². The van der Waals surface area contributed by atoms with Gasteiger partial charge in [-0.15, -0.1) is 0 Å². The maximum Gasteiger partial charge on any atom is 0.303 e. The quantitative estimate of drug-likeness (QED) is 0.201. The Kier molecular flexibility index (Phi) is 18.2. The second-order valence-corrected chi connectivity index (χ2v) is 7.24. The van der Waals surface area contributed by atoms with E-state index < -0.39 is 12.1 Å². The van der Waals surface area contributed by atoms with E-state index in [2.05, 4.69) is 12.2 Å². The number of aliphatic hydroxyl groups excluding tert-OH is 3. The molecule has 0 aliphatic rings. The van der Waals surface area contributed by atoms with Gasteiger partial charge < -0.3 is 20.4 Å². The Labute approximate surface area is 159 Å². The minimum absolute atomic E-state index is 0.146. The molecule has 0 bridgehead atoms. The maximum absolute atomic E-state index is 10.4. The molecule has 1 unspecified atom stereocenters. The first-order chi connectivity index (χ1) is 12.6. The molecular formula is C21H40O5. The zero-order valence-corrected chi connectivity index (χ0v) is 16.3. The van der Waals surface area contributed by atoms with Crippen molar-refractivity contribution in [2.24, 2.45) is 0 Å². The number of carboxylic acid groups (broad SMARTS) is 1. The predicted octanol–water partition coefficient (Wildman–Crippen LogP) is 4.19. The largest absolute Gasteiger partial charge is 0.481 e. The van der Waals surface area contributed by atoms with Crippen LogP contribution in [0, 0.1) is 0 Å². The smallest absolute Gasteiger partial charge is 0.303 e. The average Bonchev–Trinajstić information content (AvgIpc) is 2.61. The Morgan fingerprint density at radius 2 is 1.27 bits per heavy atom. The third kappa shape index (κ3) is 19.4.